The molecule has 0 radical (unpaired) electrons. The van der Waals surface area contributed by atoms with Gasteiger partial charge in [-0.25, -0.2) is 0 Å². The second-order valence-electron chi connectivity index (χ2n) is 4.03. The van der Waals surface area contributed by atoms with E-state index in [2.05, 4.69) is 6.07 Å². The average molecular weight is 223 g/mol. The van der Waals surface area contributed by atoms with E-state index in [0.717, 1.165) is 17.7 Å². The molecule has 1 aromatic heterocycles. The monoisotopic (exact) mass is 223 g/mol. The first-order chi connectivity index (χ1) is 7.02. The van der Waals surface area contributed by atoms with Crippen LogP contribution < -0.4 is 0 Å². The lowest BCUT2D eigenvalue weighted by atomic mass is 9.85. The van der Waals surface area contributed by atoms with Gasteiger partial charge in [-0.15, -0.1) is 11.3 Å². The Labute approximate surface area is 95.2 Å². The molecule has 15 heavy (non-hydrogen) atoms. The number of thiophene rings is 1. The smallest absolute Gasteiger partial charge is 0.112 e. The molecule has 0 aliphatic heterocycles. The van der Waals surface area contributed by atoms with Crippen LogP contribution in [0.1, 0.15) is 36.4 Å². The molecule has 0 amide bonds. The highest BCUT2D eigenvalue weighted by Crippen LogP contribution is 2.35. The summed E-state index contributed by atoms with van der Waals surface area (Å²) in [6.07, 6.45) is 1.65. The van der Waals surface area contributed by atoms with Gasteiger partial charge in [0.05, 0.1) is 12.0 Å². The molecule has 1 heterocycles. The fraction of sp³-hybridized carbons (Fsp3) is 0.583. The number of nitrogens with zero attached hydrogens (tertiary/aromatic N) is 1. The van der Waals surface area contributed by atoms with Gasteiger partial charge in [-0.2, -0.15) is 5.26 Å². The summed E-state index contributed by atoms with van der Waals surface area (Å²) in [7, 11) is 0. The van der Waals surface area contributed by atoms with E-state index in [1.165, 1.54) is 4.88 Å². The summed E-state index contributed by atoms with van der Waals surface area (Å²) < 4.78 is 0. The molecule has 1 N–H and O–H groups in total. The maximum atomic E-state index is 10.4. The molecule has 1 rings (SSSR count). The fourth-order valence-electron chi connectivity index (χ4n) is 1.64. The third-order valence-corrected chi connectivity index (χ3v) is 3.88. The van der Waals surface area contributed by atoms with Crippen LogP contribution in [-0.2, 0) is 5.60 Å². The topological polar surface area (TPSA) is 44.0 Å². The molecule has 0 aliphatic carbocycles. The minimum atomic E-state index is -1.01. The Morgan fingerprint density at radius 1 is 1.60 bits per heavy atom. The van der Waals surface area contributed by atoms with Crippen LogP contribution >= 0.6 is 11.3 Å². The van der Waals surface area contributed by atoms with E-state index < -0.39 is 5.60 Å². The molecule has 0 bridgehead atoms. The molecule has 0 aliphatic rings. The molecule has 0 aromatic carbocycles. The third-order valence-electron chi connectivity index (χ3n) is 2.65. The van der Waals surface area contributed by atoms with Crippen molar-refractivity contribution in [3.63, 3.8) is 0 Å². The standard InChI is InChI=1S/C12H17NOS/c1-4-5-10(8-13)12(3,14)11-7-6-9(2)15-11/h6-7,10,14H,4-5H2,1-3H3. The van der Waals surface area contributed by atoms with Crippen molar-refractivity contribution in [2.45, 2.75) is 39.2 Å². The van der Waals surface area contributed by atoms with Crippen molar-refractivity contribution in [2.24, 2.45) is 5.92 Å². The van der Waals surface area contributed by atoms with Crippen LogP contribution in [0.2, 0.25) is 0 Å². The number of nitriles is 1. The van der Waals surface area contributed by atoms with Crippen molar-refractivity contribution in [2.75, 3.05) is 0 Å². The zero-order valence-electron chi connectivity index (χ0n) is 9.45. The second kappa shape index (κ2) is 4.78. The maximum Gasteiger partial charge on any atom is 0.112 e. The molecule has 2 nitrogen and oxygen atoms in total. The summed E-state index contributed by atoms with van der Waals surface area (Å²) >= 11 is 1.56. The van der Waals surface area contributed by atoms with Crippen molar-refractivity contribution in [3.05, 3.63) is 21.9 Å². The van der Waals surface area contributed by atoms with Crippen molar-refractivity contribution >= 4 is 11.3 Å². The molecule has 2 atom stereocenters. The van der Waals surface area contributed by atoms with Gasteiger partial charge < -0.3 is 5.11 Å². The first kappa shape index (κ1) is 12.2. The lowest BCUT2D eigenvalue weighted by Crippen LogP contribution is -2.29. The quantitative estimate of drug-likeness (QED) is 0.851. The lowest BCUT2D eigenvalue weighted by Gasteiger charge is -2.26. The summed E-state index contributed by atoms with van der Waals surface area (Å²) in [6.45, 7) is 5.77. The largest absolute Gasteiger partial charge is 0.383 e. The summed E-state index contributed by atoms with van der Waals surface area (Å²) in [5.74, 6) is -0.319. The van der Waals surface area contributed by atoms with E-state index in [-0.39, 0.29) is 5.92 Å². The Bertz CT molecular complexity index is 362. The van der Waals surface area contributed by atoms with Crippen LogP contribution in [0.5, 0.6) is 0 Å². The Morgan fingerprint density at radius 3 is 2.67 bits per heavy atom. The zero-order chi connectivity index (χ0) is 11.5. The van der Waals surface area contributed by atoms with Crippen LogP contribution in [0.15, 0.2) is 12.1 Å². The molecule has 0 saturated carbocycles. The highest BCUT2D eigenvalue weighted by Gasteiger charge is 2.34. The van der Waals surface area contributed by atoms with E-state index in [0.29, 0.717) is 0 Å². The summed E-state index contributed by atoms with van der Waals surface area (Å²) in [5, 5.41) is 19.4. The van der Waals surface area contributed by atoms with Gasteiger partial charge in [-0.05, 0) is 32.4 Å². The SMILES string of the molecule is CCCC(C#N)C(C)(O)c1ccc(C)s1. The van der Waals surface area contributed by atoms with Crippen LogP contribution in [0, 0.1) is 24.2 Å². The molecule has 1 aromatic rings. The van der Waals surface area contributed by atoms with Gasteiger partial charge in [0.25, 0.3) is 0 Å². The van der Waals surface area contributed by atoms with Crippen molar-refractivity contribution in [1.82, 2.24) is 0 Å². The van der Waals surface area contributed by atoms with Gasteiger partial charge >= 0.3 is 0 Å². The zero-order valence-corrected chi connectivity index (χ0v) is 10.3. The molecular weight excluding hydrogens is 206 g/mol. The van der Waals surface area contributed by atoms with Crippen molar-refractivity contribution in [1.29, 1.82) is 5.26 Å². The summed E-state index contributed by atoms with van der Waals surface area (Å²) in [4.78, 5) is 2.05. The van der Waals surface area contributed by atoms with Crippen LogP contribution in [0.3, 0.4) is 0 Å². The lowest BCUT2D eigenvalue weighted by molar-refractivity contribution is 0.0166. The second-order valence-corrected chi connectivity index (χ2v) is 5.32. The molecule has 0 fully saturated rings. The minimum absolute atomic E-state index is 0.319. The van der Waals surface area contributed by atoms with Crippen LogP contribution in [0.25, 0.3) is 0 Å². The molecule has 3 heteroatoms. The van der Waals surface area contributed by atoms with Gasteiger partial charge in [0.15, 0.2) is 0 Å². The van der Waals surface area contributed by atoms with Gasteiger partial charge in [-0.3, -0.25) is 0 Å². The number of aryl methyl sites for hydroxylation is 1. The third kappa shape index (κ3) is 2.58. The molecule has 0 spiro atoms. The van der Waals surface area contributed by atoms with Gasteiger partial charge in [0.1, 0.15) is 5.60 Å². The van der Waals surface area contributed by atoms with E-state index in [4.69, 9.17) is 5.26 Å². The predicted octanol–water partition coefficient (Wildman–Crippen LogP) is 3.20. The van der Waals surface area contributed by atoms with E-state index >= 15 is 0 Å². The van der Waals surface area contributed by atoms with E-state index in [1.54, 1.807) is 18.3 Å². The first-order valence-electron chi connectivity index (χ1n) is 5.21. The van der Waals surface area contributed by atoms with E-state index in [1.807, 2.05) is 26.0 Å². The predicted molar refractivity (Wildman–Crippen MR) is 62.6 cm³/mol. The van der Waals surface area contributed by atoms with Crippen LogP contribution in [-0.4, -0.2) is 5.11 Å². The van der Waals surface area contributed by atoms with E-state index in [9.17, 15) is 5.11 Å². The number of hydrogen-bond acceptors (Lipinski definition) is 3. The summed E-state index contributed by atoms with van der Waals surface area (Å²) in [6, 6.07) is 6.11. The molecule has 2 unspecified atom stereocenters. The van der Waals surface area contributed by atoms with Gasteiger partial charge in [0.2, 0.25) is 0 Å². The highest BCUT2D eigenvalue weighted by atomic mass is 32.1. The molecular formula is C12H17NOS. The number of hydrogen-bond donors (Lipinski definition) is 1. The number of rotatable bonds is 4. The minimum Gasteiger partial charge on any atom is -0.383 e. The van der Waals surface area contributed by atoms with Gasteiger partial charge in [0, 0.05) is 9.75 Å². The molecule has 0 saturated heterocycles. The van der Waals surface area contributed by atoms with Crippen molar-refractivity contribution in [3.8, 4) is 6.07 Å². The normalized spacial score (nSPS) is 16.7. The fourth-order valence-corrected chi connectivity index (χ4v) is 2.61. The van der Waals surface area contributed by atoms with Gasteiger partial charge in [-0.1, -0.05) is 13.3 Å². The average Bonchev–Trinajstić information content (AvgIpc) is 2.61. The Hall–Kier alpha value is -0.850. The summed E-state index contributed by atoms with van der Waals surface area (Å²) in [5.41, 5.74) is -1.01. The maximum absolute atomic E-state index is 10.4. The highest BCUT2D eigenvalue weighted by molar-refractivity contribution is 7.12. The Morgan fingerprint density at radius 2 is 2.27 bits per heavy atom. The number of aliphatic hydroxyl groups is 1. The van der Waals surface area contributed by atoms with Crippen LogP contribution in [0.4, 0.5) is 0 Å². The first-order valence-corrected chi connectivity index (χ1v) is 6.03. The molecule has 82 valence electrons. The Balaban J connectivity index is 2.95. The Kier molecular flexibility index (Phi) is 3.90. The van der Waals surface area contributed by atoms with Crippen molar-refractivity contribution < 1.29 is 5.11 Å².